The second kappa shape index (κ2) is 14.4. The first-order chi connectivity index (χ1) is 9.52. The van der Waals surface area contributed by atoms with E-state index in [1.807, 2.05) is 0 Å². The van der Waals surface area contributed by atoms with Crippen LogP contribution in [-0.2, 0) is 13.6 Å². The van der Waals surface area contributed by atoms with Gasteiger partial charge in [0.25, 0.3) is 0 Å². The van der Waals surface area contributed by atoms with Crippen LogP contribution in [0.3, 0.4) is 0 Å². The number of alkyl halides is 4. The van der Waals surface area contributed by atoms with Gasteiger partial charge in [-0.05, 0) is 50.7 Å². The highest BCUT2D eigenvalue weighted by molar-refractivity contribution is 7.33. The zero-order valence-electron chi connectivity index (χ0n) is 10.9. The van der Waals surface area contributed by atoms with Gasteiger partial charge in [0.05, 0.1) is 12.5 Å². The van der Waals surface area contributed by atoms with Gasteiger partial charge in [0.15, 0.2) is 0 Å². The Bertz CT molecular complexity index is 281. The molecule has 20 heavy (non-hydrogen) atoms. The molecular weight excluding hydrogens is 365 g/mol. The van der Waals surface area contributed by atoms with E-state index in [-0.39, 0.29) is 9.67 Å². The van der Waals surface area contributed by atoms with Crippen LogP contribution in [-0.4, -0.2) is 9.67 Å². The minimum atomic E-state index is -2.52. The normalized spacial score (nSPS) is 13.7. The summed E-state index contributed by atoms with van der Waals surface area (Å²) in [6.07, 6.45) is 10.9. The molecule has 0 heterocycles. The Morgan fingerprint density at radius 3 is 1.60 bits per heavy atom. The van der Waals surface area contributed by atoms with Gasteiger partial charge in [-0.1, -0.05) is 0 Å². The van der Waals surface area contributed by atoms with Crippen molar-refractivity contribution >= 4 is 54.7 Å². The number of allylic oxidation sites excluding steroid dienone is 2. The quantitative estimate of drug-likeness (QED) is 0.169. The lowest BCUT2D eigenvalue weighted by Gasteiger charge is -2.00. The first-order valence-corrected chi connectivity index (χ1v) is 9.23. The van der Waals surface area contributed by atoms with E-state index in [2.05, 4.69) is 0 Å². The van der Waals surface area contributed by atoms with Gasteiger partial charge in [0, 0.05) is 0 Å². The average Bonchev–Trinajstić information content (AvgIpc) is 2.37. The Morgan fingerprint density at radius 1 is 0.850 bits per heavy atom. The van der Waals surface area contributed by atoms with E-state index >= 15 is 0 Å². The Balaban J connectivity index is 3.49. The predicted molar refractivity (Wildman–Crippen MR) is 88.1 cm³/mol. The lowest BCUT2D eigenvalue weighted by Crippen LogP contribution is -1.84. The molecular formula is C12H19Cl4O3P. The molecule has 0 N–H and O–H groups in total. The third-order valence-electron chi connectivity index (χ3n) is 2.11. The van der Waals surface area contributed by atoms with Gasteiger partial charge in [-0.25, -0.2) is 4.57 Å². The van der Waals surface area contributed by atoms with Gasteiger partial charge in [0.2, 0.25) is 0 Å². The Kier molecular flexibility index (Phi) is 14.7. The first-order valence-electron chi connectivity index (χ1n) is 6.26. The summed E-state index contributed by atoms with van der Waals surface area (Å²) in [4.78, 5) is -0.686. The first kappa shape index (κ1) is 20.5. The van der Waals surface area contributed by atoms with Gasteiger partial charge in [-0.15, -0.1) is 46.4 Å². The molecule has 0 spiro atoms. The van der Waals surface area contributed by atoms with Crippen molar-refractivity contribution in [1.29, 1.82) is 0 Å². The van der Waals surface area contributed by atoms with Crippen molar-refractivity contribution in [1.82, 2.24) is 0 Å². The smallest absolute Gasteiger partial charge is 0.417 e. The average molecular weight is 384 g/mol. The number of rotatable bonds is 12. The van der Waals surface area contributed by atoms with E-state index in [0.717, 1.165) is 25.7 Å². The summed E-state index contributed by atoms with van der Waals surface area (Å²) < 4.78 is 21.0. The van der Waals surface area contributed by atoms with Crippen LogP contribution in [0.2, 0.25) is 0 Å². The van der Waals surface area contributed by atoms with E-state index in [9.17, 15) is 4.57 Å². The summed E-state index contributed by atoms with van der Waals surface area (Å²) in [6, 6.07) is 0. The van der Waals surface area contributed by atoms with Gasteiger partial charge in [0.1, 0.15) is 9.67 Å². The molecule has 3 nitrogen and oxygen atoms in total. The van der Waals surface area contributed by atoms with Crippen LogP contribution in [0, 0.1) is 0 Å². The van der Waals surface area contributed by atoms with E-state index in [0.29, 0.717) is 12.8 Å². The van der Waals surface area contributed by atoms with Crippen molar-refractivity contribution in [3.63, 3.8) is 0 Å². The summed E-state index contributed by atoms with van der Waals surface area (Å²) in [5.41, 5.74) is 0. The van der Waals surface area contributed by atoms with Crippen molar-refractivity contribution in [2.45, 2.75) is 48.2 Å². The number of hydrogen-bond donors (Lipinski definition) is 0. The molecule has 0 aromatic heterocycles. The molecule has 0 saturated heterocycles. The van der Waals surface area contributed by atoms with E-state index in [1.54, 1.807) is 12.2 Å². The number of halogens is 4. The lowest BCUT2D eigenvalue weighted by molar-refractivity contribution is 0.354. The molecule has 118 valence electrons. The molecule has 0 bridgehead atoms. The number of unbranched alkanes of at least 4 members (excludes halogenated alkanes) is 2. The molecule has 0 aliphatic heterocycles. The maximum Gasteiger partial charge on any atom is 0.417 e. The molecule has 0 radical (unpaired) electrons. The minimum Gasteiger partial charge on any atom is -0.426 e. The van der Waals surface area contributed by atoms with Crippen LogP contribution in [0.25, 0.3) is 0 Å². The molecule has 0 unspecified atom stereocenters. The van der Waals surface area contributed by atoms with Crippen LogP contribution in [0.4, 0.5) is 0 Å². The molecule has 0 aromatic rings. The van der Waals surface area contributed by atoms with Crippen molar-refractivity contribution < 1.29 is 13.6 Å². The zero-order valence-corrected chi connectivity index (χ0v) is 15.0. The Labute approximate surface area is 141 Å². The molecule has 0 saturated carbocycles. The SMILES string of the molecule is O=[PH](OC=CCCCC(Cl)Cl)OC=CCCCC(Cl)Cl. The highest BCUT2D eigenvalue weighted by Gasteiger charge is 1.97. The van der Waals surface area contributed by atoms with Gasteiger partial charge in [-0.2, -0.15) is 0 Å². The maximum atomic E-state index is 11.3. The summed E-state index contributed by atoms with van der Waals surface area (Å²) in [5.74, 6) is 0. The van der Waals surface area contributed by atoms with Crippen LogP contribution < -0.4 is 0 Å². The lowest BCUT2D eigenvalue weighted by atomic mass is 10.2. The van der Waals surface area contributed by atoms with Crippen molar-refractivity contribution in [2.75, 3.05) is 0 Å². The molecule has 0 aromatic carbocycles. The molecule has 8 heteroatoms. The van der Waals surface area contributed by atoms with Crippen LogP contribution in [0.5, 0.6) is 0 Å². The summed E-state index contributed by atoms with van der Waals surface area (Å²) in [5, 5.41) is 0. The fraction of sp³-hybridized carbons (Fsp3) is 0.667. The van der Waals surface area contributed by atoms with Gasteiger partial charge in [-0.3, -0.25) is 0 Å². The van der Waals surface area contributed by atoms with Crippen LogP contribution in [0.15, 0.2) is 24.7 Å². The van der Waals surface area contributed by atoms with E-state index in [1.165, 1.54) is 12.5 Å². The topological polar surface area (TPSA) is 35.5 Å². The van der Waals surface area contributed by atoms with Gasteiger partial charge >= 0.3 is 8.25 Å². The van der Waals surface area contributed by atoms with E-state index in [4.69, 9.17) is 55.5 Å². The highest BCUT2D eigenvalue weighted by atomic mass is 35.5. The highest BCUT2D eigenvalue weighted by Crippen LogP contribution is 2.24. The standard InChI is InChI=1S/C12H19Cl4O3P/c13-11(14)7-3-1-5-9-18-20(17)19-10-6-2-4-8-12(15)16/h5-6,9-12,20H,1-4,7-8H2. The molecule has 0 aliphatic rings. The zero-order chi connectivity index (χ0) is 15.2. The maximum absolute atomic E-state index is 11.3. The molecule has 0 aliphatic carbocycles. The monoisotopic (exact) mass is 382 g/mol. The summed E-state index contributed by atoms with van der Waals surface area (Å²) in [7, 11) is -2.52. The summed E-state index contributed by atoms with van der Waals surface area (Å²) >= 11 is 22.3. The second-order valence-electron chi connectivity index (χ2n) is 3.87. The van der Waals surface area contributed by atoms with Crippen molar-refractivity contribution in [2.24, 2.45) is 0 Å². The fourth-order valence-electron chi connectivity index (χ4n) is 1.15. The molecule has 0 atom stereocenters. The van der Waals surface area contributed by atoms with Crippen molar-refractivity contribution in [3.05, 3.63) is 24.7 Å². The van der Waals surface area contributed by atoms with Crippen LogP contribution in [0.1, 0.15) is 38.5 Å². The molecule has 0 rings (SSSR count). The molecule has 0 fully saturated rings. The largest absolute Gasteiger partial charge is 0.426 e. The molecule has 0 amide bonds. The summed E-state index contributed by atoms with van der Waals surface area (Å²) in [6.45, 7) is 0. The van der Waals surface area contributed by atoms with Gasteiger partial charge < -0.3 is 9.05 Å². The Hall–Kier alpha value is 0.470. The minimum absolute atomic E-state index is 0.343. The third kappa shape index (κ3) is 16.5. The predicted octanol–water partition coefficient (Wildman–Crippen LogP) is 6.38. The van der Waals surface area contributed by atoms with Crippen molar-refractivity contribution in [3.8, 4) is 0 Å². The second-order valence-corrected chi connectivity index (χ2v) is 7.40. The number of hydrogen-bond acceptors (Lipinski definition) is 3. The fourth-order valence-corrected chi connectivity index (χ4v) is 2.24. The third-order valence-corrected chi connectivity index (χ3v) is 3.64. The van der Waals surface area contributed by atoms with E-state index < -0.39 is 8.25 Å². The van der Waals surface area contributed by atoms with Crippen LogP contribution >= 0.6 is 54.7 Å². The Morgan fingerprint density at radius 2 is 1.25 bits per heavy atom.